The van der Waals surface area contributed by atoms with Crippen LogP contribution >= 0.6 is 11.6 Å². The Kier molecular flexibility index (Phi) is 5.75. The van der Waals surface area contributed by atoms with Crippen LogP contribution < -0.4 is 10.1 Å². The number of halogens is 1. The van der Waals surface area contributed by atoms with E-state index in [1.54, 1.807) is 14.2 Å². The molecule has 1 atom stereocenters. The van der Waals surface area contributed by atoms with E-state index >= 15 is 0 Å². The van der Waals surface area contributed by atoms with Crippen molar-refractivity contribution in [2.45, 2.75) is 12.8 Å². The van der Waals surface area contributed by atoms with E-state index in [9.17, 15) is 0 Å². The molecule has 0 radical (unpaired) electrons. The summed E-state index contributed by atoms with van der Waals surface area (Å²) in [6.07, 6.45) is 0. The van der Waals surface area contributed by atoms with Gasteiger partial charge in [0.25, 0.3) is 0 Å². The summed E-state index contributed by atoms with van der Waals surface area (Å²) < 4.78 is 10.7. The zero-order valence-corrected chi connectivity index (χ0v) is 11.6. The van der Waals surface area contributed by atoms with Gasteiger partial charge in [0.1, 0.15) is 5.75 Å². The predicted octanol–water partition coefficient (Wildman–Crippen LogP) is 2.61. The van der Waals surface area contributed by atoms with Gasteiger partial charge in [-0.05, 0) is 31.7 Å². The van der Waals surface area contributed by atoms with Gasteiger partial charge in [0.15, 0.2) is 0 Å². The average molecular weight is 258 g/mol. The standard InChI is InChI=1S/C13H20ClNO2/c1-9-5-13(17-4)11(6-12(9)14)10(7-15-2)8-16-3/h5-6,10,15H,7-8H2,1-4H3. The molecule has 3 nitrogen and oxygen atoms in total. The number of rotatable bonds is 6. The van der Waals surface area contributed by atoms with Gasteiger partial charge in [0.05, 0.1) is 13.7 Å². The molecule has 0 amide bonds. The van der Waals surface area contributed by atoms with E-state index in [1.165, 1.54) is 0 Å². The van der Waals surface area contributed by atoms with E-state index in [2.05, 4.69) is 5.32 Å². The highest BCUT2D eigenvalue weighted by molar-refractivity contribution is 6.31. The molecule has 1 N–H and O–H groups in total. The Morgan fingerprint density at radius 3 is 2.59 bits per heavy atom. The van der Waals surface area contributed by atoms with Crippen molar-refractivity contribution in [3.8, 4) is 5.75 Å². The summed E-state index contributed by atoms with van der Waals surface area (Å²) in [5, 5.41) is 3.92. The first-order valence-corrected chi connectivity index (χ1v) is 5.99. The first-order chi connectivity index (χ1) is 8.13. The quantitative estimate of drug-likeness (QED) is 0.850. The molecule has 0 spiro atoms. The second-order valence-corrected chi connectivity index (χ2v) is 4.46. The van der Waals surface area contributed by atoms with Gasteiger partial charge >= 0.3 is 0 Å². The van der Waals surface area contributed by atoms with Gasteiger partial charge in [-0.3, -0.25) is 0 Å². The first kappa shape index (κ1) is 14.3. The van der Waals surface area contributed by atoms with Crippen LogP contribution in [0.2, 0.25) is 5.02 Å². The lowest BCUT2D eigenvalue weighted by atomic mass is 9.97. The van der Waals surface area contributed by atoms with E-state index < -0.39 is 0 Å². The Labute approximate surface area is 108 Å². The van der Waals surface area contributed by atoms with Crippen LogP contribution in [0.4, 0.5) is 0 Å². The van der Waals surface area contributed by atoms with Crippen molar-refractivity contribution in [1.29, 1.82) is 0 Å². The van der Waals surface area contributed by atoms with E-state index in [-0.39, 0.29) is 5.92 Å². The number of hydrogen-bond donors (Lipinski definition) is 1. The second kappa shape index (κ2) is 6.84. The molecule has 0 aliphatic rings. The Balaban J connectivity index is 3.11. The molecule has 96 valence electrons. The van der Waals surface area contributed by atoms with Crippen molar-refractivity contribution in [2.75, 3.05) is 34.4 Å². The van der Waals surface area contributed by atoms with Gasteiger partial charge in [-0.25, -0.2) is 0 Å². The molecule has 1 aromatic rings. The number of benzene rings is 1. The summed E-state index contributed by atoms with van der Waals surface area (Å²) >= 11 is 6.17. The molecular weight excluding hydrogens is 238 g/mol. The molecule has 0 saturated heterocycles. The highest BCUT2D eigenvalue weighted by Gasteiger charge is 2.17. The highest BCUT2D eigenvalue weighted by Crippen LogP contribution is 2.32. The lowest BCUT2D eigenvalue weighted by Gasteiger charge is -2.20. The minimum atomic E-state index is 0.234. The van der Waals surface area contributed by atoms with Crippen molar-refractivity contribution in [3.63, 3.8) is 0 Å². The number of nitrogens with one attached hydrogen (secondary N) is 1. The molecule has 0 fully saturated rings. The summed E-state index contributed by atoms with van der Waals surface area (Å²) in [6.45, 7) is 3.43. The van der Waals surface area contributed by atoms with Crippen LogP contribution in [0.1, 0.15) is 17.0 Å². The maximum atomic E-state index is 6.17. The minimum Gasteiger partial charge on any atom is -0.496 e. The zero-order valence-electron chi connectivity index (χ0n) is 10.8. The number of ether oxygens (including phenoxy) is 2. The Morgan fingerprint density at radius 1 is 1.35 bits per heavy atom. The third-order valence-corrected chi connectivity index (χ3v) is 3.18. The SMILES string of the molecule is CNCC(COC)c1cc(Cl)c(C)cc1OC. The summed E-state index contributed by atoms with van der Waals surface area (Å²) in [5.41, 5.74) is 2.10. The number of likely N-dealkylation sites (N-methyl/N-ethyl adjacent to an activating group) is 1. The van der Waals surface area contributed by atoms with Gasteiger partial charge < -0.3 is 14.8 Å². The average Bonchev–Trinajstić information content (AvgIpc) is 2.32. The lowest BCUT2D eigenvalue weighted by molar-refractivity contribution is 0.177. The molecule has 4 heteroatoms. The van der Waals surface area contributed by atoms with Crippen molar-refractivity contribution >= 4 is 11.6 Å². The number of aryl methyl sites for hydroxylation is 1. The van der Waals surface area contributed by atoms with Crippen molar-refractivity contribution in [2.24, 2.45) is 0 Å². The van der Waals surface area contributed by atoms with Gasteiger partial charge in [0.2, 0.25) is 0 Å². The Hall–Kier alpha value is -0.770. The molecule has 0 aliphatic heterocycles. The summed E-state index contributed by atoms with van der Waals surface area (Å²) in [4.78, 5) is 0. The third kappa shape index (κ3) is 3.60. The molecule has 0 aromatic heterocycles. The fourth-order valence-electron chi connectivity index (χ4n) is 1.87. The summed E-state index contributed by atoms with van der Waals surface area (Å²) in [6, 6.07) is 3.94. The topological polar surface area (TPSA) is 30.5 Å². The molecule has 0 bridgehead atoms. The lowest BCUT2D eigenvalue weighted by Crippen LogP contribution is -2.21. The largest absolute Gasteiger partial charge is 0.496 e. The molecule has 1 aromatic carbocycles. The molecule has 17 heavy (non-hydrogen) atoms. The maximum Gasteiger partial charge on any atom is 0.122 e. The van der Waals surface area contributed by atoms with Gasteiger partial charge in [-0.15, -0.1) is 0 Å². The highest BCUT2D eigenvalue weighted by atomic mass is 35.5. The summed E-state index contributed by atoms with van der Waals surface area (Å²) in [5.74, 6) is 1.10. The van der Waals surface area contributed by atoms with Crippen LogP contribution in [0.25, 0.3) is 0 Å². The molecular formula is C13H20ClNO2. The molecule has 1 rings (SSSR count). The van der Waals surface area contributed by atoms with Crippen LogP contribution in [-0.4, -0.2) is 34.4 Å². The van der Waals surface area contributed by atoms with Crippen LogP contribution in [0.3, 0.4) is 0 Å². The van der Waals surface area contributed by atoms with Gasteiger partial charge in [-0.2, -0.15) is 0 Å². The molecule has 0 saturated carbocycles. The van der Waals surface area contributed by atoms with E-state index in [1.807, 2.05) is 26.1 Å². The van der Waals surface area contributed by atoms with Crippen molar-refractivity contribution in [1.82, 2.24) is 5.32 Å². The minimum absolute atomic E-state index is 0.234. The molecule has 0 heterocycles. The van der Waals surface area contributed by atoms with E-state index in [0.29, 0.717) is 6.61 Å². The maximum absolute atomic E-state index is 6.17. The fourth-order valence-corrected chi connectivity index (χ4v) is 2.04. The smallest absolute Gasteiger partial charge is 0.122 e. The van der Waals surface area contributed by atoms with Crippen LogP contribution in [0.15, 0.2) is 12.1 Å². The zero-order chi connectivity index (χ0) is 12.8. The van der Waals surface area contributed by atoms with Crippen molar-refractivity contribution in [3.05, 3.63) is 28.3 Å². The molecule has 0 aliphatic carbocycles. The van der Waals surface area contributed by atoms with Gasteiger partial charge in [-0.1, -0.05) is 11.6 Å². The second-order valence-electron chi connectivity index (χ2n) is 4.05. The summed E-state index contributed by atoms with van der Waals surface area (Å²) in [7, 11) is 5.30. The van der Waals surface area contributed by atoms with E-state index in [4.69, 9.17) is 21.1 Å². The molecule has 1 unspecified atom stereocenters. The first-order valence-electron chi connectivity index (χ1n) is 5.61. The monoisotopic (exact) mass is 257 g/mol. The number of hydrogen-bond acceptors (Lipinski definition) is 3. The van der Waals surface area contributed by atoms with E-state index in [0.717, 1.165) is 28.4 Å². The fraction of sp³-hybridized carbons (Fsp3) is 0.538. The van der Waals surface area contributed by atoms with Gasteiger partial charge in [0, 0.05) is 30.2 Å². The van der Waals surface area contributed by atoms with Crippen molar-refractivity contribution < 1.29 is 9.47 Å². The van der Waals surface area contributed by atoms with Crippen LogP contribution in [0, 0.1) is 6.92 Å². The number of methoxy groups -OCH3 is 2. The van der Waals surface area contributed by atoms with Crippen LogP contribution in [0.5, 0.6) is 5.75 Å². The Bertz CT molecular complexity index is 363. The Morgan fingerprint density at radius 2 is 2.06 bits per heavy atom. The third-order valence-electron chi connectivity index (χ3n) is 2.77. The predicted molar refractivity (Wildman–Crippen MR) is 71.3 cm³/mol. The van der Waals surface area contributed by atoms with Crippen LogP contribution in [-0.2, 0) is 4.74 Å². The normalized spacial score (nSPS) is 12.5.